The molecule has 1 amide bonds. The highest BCUT2D eigenvalue weighted by Gasteiger charge is 2.28. The number of aromatic nitrogens is 2. The van der Waals surface area contributed by atoms with Crippen LogP contribution in [0.4, 0.5) is 0 Å². The van der Waals surface area contributed by atoms with E-state index in [9.17, 15) is 4.79 Å². The fourth-order valence-corrected chi connectivity index (χ4v) is 4.52. The molecule has 0 spiro atoms. The molecule has 1 N–H and O–H groups in total. The first-order chi connectivity index (χ1) is 12.5. The molecule has 1 fully saturated rings. The summed E-state index contributed by atoms with van der Waals surface area (Å²) in [6.07, 6.45) is 0. The number of pyridine rings is 1. The summed E-state index contributed by atoms with van der Waals surface area (Å²) in [6.45, 7) is 10.4. The lowest BCUT2D eigenvalue weighted by Gasteiger charge is -2.34. The Hall–Kier alpha value is -1.96. The van der Waals surface area contributed by atoms with Gasteiger partial charge in [-0.05, 0) is 39.8 Å². The lowest BCUT2D eigenvalue weighted by atomic mass is 10.0. The van der Waals surface area contributed by atoms with E-state index in [-0.39, 0.29) is 24.4 Å². The van der Waals surface area contributed by atoms with Crippen LogP contribution in [0.2, 0.25) is 0 Å². The number of hydrogen-bond donors (Lipinski definition) is 1. The van der Waals surface area contributed by atoms with Crippen molar-refractivity contribution in [2.75, 3.05) is 19.6 Å². The number of aryl methyl sites for hydroxylation is 3. The highest BCUT2D eigenvalue weighted by atomic mass is 35.5. The van der Waals surface area contributed by atoms with Crippen LogP contribution in [0.25, 0.3) is 22.4 Å². The maximum atomic E-state index is 13.4. The van der Waals surface area contributed by atoms with Crippen LogP contribution in [0.15, 0.2) is 16.7 Å². The molecule has 0 bridgehead atoms. The van der Waals surface area contributed by atoms with Crippen molar-refractivity contribution < 1.29 is 9.32 Å². The van der Waals surface area contributed by atoms with Crippen molar-refractivity contribution in [3.8, 4) is 11.3 Å². The van der Waals surface area contributed by atoms with Gasteiger partial charge in [0.1, 0.15) is 0 Å². The van der Waals surface area contributed by atoms with Gasteiger partial charge >= 0.3 is 0 Å². The SMILES string of the molecule is Cc1cc(-c2cc(C(=O)N3CCNCC3C)c3c(C)noc3n2)c(C)s1.Cl. The number of piperazine rings is 1. The third-order valence-corrected chi connectivity index (χ3v) is 5.89. The van der Waals surface area contributed by atoms with E-state index < -0.39 is 0 Å². The molecule has 1 atom stereocenters. The van der Waals surface area contributed by atoms with E-state index in [1.807, 2.05) is 17.9 Å². The molecule has 6 nitrogen and oxygen atoms in total. The third-order valence-electron chi connectivity index (χ3n) is 4.93. The van der Waals surface area contributed by atoms with Crippen molar-refractivity contribution >= 4 is 40.8 Å². The first-order valence-corrected chi connectivity index (χ1v) is 9.63. The van der Waals surface area contributed by atoms with E-state index in [4.69, 9.17) is 4.52 Å². The van der Waals surface area contributed by atoms with E-state index >= 15 is 0 Å². The van der Waals surface area contributed by atoms with Gasteiger partial charge in [-0.3, -0.25) is 4.79 Å². The number of amides is 1. The van der Waals surface area contributed by atoms with E-state index in [1.54, 1.807) is 11.3 Å². The molecule has 1 aliphatic heterocycles. The number of nitrogens with one attached hydrogen (secondary N) is 1. The van der Waals surface area contributed by atoms with Crippen LogP contribution in [0.3, 0.4) is 0 Å². The maximum Gasteiger partial charge on any atom is 0.259 e. The lowest BCUT2D eigenvalue weighted by molar-refractivity contribution is 0.0657. The Balaban J connectivity index is 0.00000210. The highest BCUT2D eigenvalue weighted by molar-refractivity contribution is 7.12. The van der Waals surface area contributed by atoms with Crippen LogP contribution in [0.5, 0.6) is 0 Å². The van der Waals surface area contributed by atoms with E-state index in [1.165, 1.54) is 9.75 Å². The number of thiophene rings is 1. The van der Waals surface area contributed by atoms with Gasteiger partial charge in [0.05, 0.1) is 22.3 Å². The molecule has 1 aliphatic rings. The van der Waals surface area contributed by atoms with Crippen molar-refractivity contribution in [3.05, 3.63) is 33.1 Å². The normalized spacial score (nSPS) is 17.2. The van der Waals surface area contributed by atoms with Crippen LogP contribution in [0.1, 0.15) is 32.7 Å². The van der Waals surface area contributed by atoms with Crippen molar-refractivity contribution in [2.24, 2.45) is 0 Å². The number of hydrogen-bond acceptors (Lipinski definition) is 6. The van der Waals surface area contributed by atoms with Gasteiger partial charge in [0.2, 0.25) is 0 Å². The maximum absolute atomic E-state index is 13.4. The van der Waals surface area contributed by atoms with Gasteiger partial charge in [-0.1, -0.05) is 5.16 Å². The average Bonchev–Trinajstić information content (AvgIpc) is 3.16. The van der Waals surface area contributed by atoms with E-state index in [2.05, 4.69) is 42.3 Å². The van der Waals surface area contributed by atoms with Gasteiger partial charge in [-0.2, -0.15) is 0 Å². The molecular formula is C19H23ClN4O2S. The number of carbonyl (C=O) groups excluding carboxylic acids is 1. The number of halogens is 1. The smallest absolute Gasteiger partial charge is 0.259 e. The number of nitrogens with zero attached hydrogens (tertiary/aromatic N) is 3. The fourth-order valence-electron chi connectivity index (χ4n) is 3.58. The van der Waals surface area contributed by atoms with Gasteiger partial charge in [0.15, 0.2) is 0 Å². The van der Waals surface area contributed by atoms with E-state index in [0.29, 0.717) is 28.9 Å². The van der Waals surface area contributed by atoms with E-state index in [0.717, 1.165) is 24.3 Å². The van der Waals surface area contributed by atoms with Crippen molar-refractivity contribution in [1.29, 1.82) is 0 Å². The van der Waals surface area contributed by atoms with Crippen molar-refractivity contribution in [3.63, 3.8) is 0 Å². The Labute approximate surface area is 168 Å². The predicted octanol–water partition coefficient (Wildman–Crippen LogP) is 3.73. The zero-order valence-electron chi connectivity index (χ0n) is 15.8. The van der Waals surface area contributed by atoms with Crippen LogP contribution < -0.4 is 5.32 Å². The molecule has 4 rings (SSSR count). The average molecular weight is 407 g/mol. The Morgan fingerprint density at radius 2 is 2.11 bits per heavy atom. The summed E-state index contributed by atoms with van der Waals surface area (Å²) >= 11 is 1.73. The molecule has 0 radical (unpaired) electrons. The topological polar surface area (TPSA) is 71.3 Å². The minimum atomic E-state index is 0. The van der Waals surface area contributed by atoms with Gasteiger partial charge < -0.3 is 14.7 Å². The molecule has 8 heteroatoms. The molecule has 4 heterocycles. The summed E-state index contributed by atoms with van der Waals surface area (Å²) in [5, 5.41) is 8.09. The highest BCUT2D eigenvalue weighted by Crippen LogP contribution is 2.33. The quantitative estimate of drug-likeness (QED) is 0.702. The molecule has 1 saturated heterocycles. The Morgan fingerprint density at radius 1 is 1.33 bits per heavy atom. The summed E-state index contributed by atoms with van der Waals surface area (Å²) in [6, 6.07) is 4.16. The first-order valence-electron chi connectivity index (χ1n) is 8.82. The first kappa shape index (κ1) is 19.8. The van der Waals surface area contributed by atoms with Crippen LogP contribution in [0, 0.1) is 20.8 Å². The van der Waals surface area contributed by atoms with Gasteiger partial charge in [-0.15, -0.1) is 23.7 Å². The molecule has 144 valence electrons. The summed E-state index contributed by atoms with van der Waals surface area (Å²) in [5.41, 5.74) is 3.56. The molecular weight excluding hydrogens is 384 g/mol. The third kappa shape index (κ3) is 3.47. The second kappa shape index (κ2) is 7.58. The Kier molecular flexibility index (Phi) is 5.55. The minimum absolute atomic E-state index is 0. The molecule has 0 aromatic carbocycles. The summed E-state index contributed by atoms with van der Waals surface area (Å²) < 4.78 is 5.42. The van der Waals surface area contributed by atoms with Crippen molar-refractivity contribution in [2.45, 2.75) is 33.7 Å². The van der Waals surface area contributed by atoms with Crippen LogP contribution in [-0.2, 0) is 0 Å². The summed E-state index contributed by atoms with van der Waals surface area (Å²) in [5.74, 6) is 0.0172. The lowest BCUT2D eigenvalue weighted by Crippen LogP contribution is -2.52. The number of fused-ring (bicyclic) bond motifs is 1. The summed E-state index contributed by atoms with van der Waals surface area (Å²) in [4.78, 5) is 22.3. The number of rotatable bonds is 2. The standard InChI is InChI=1S/C19H22N4O2S.ClH/c1-10-9-20-5-6-23(10)19(24)15-8-16(14-7-11(2)26-13(14)4)21-18-17(15)12(3)22-25-18;/h7-8,10,20H,5-6,9H2,1-4H3;1H. The predicted molar refractivity (Wildman–Crippen MR) is 110 cm³/mol. The monoisotopic (exact) mass is 406 g/mol. The second-order valence-electron chi connectivity index (χ2n) is 6.88. The molecule has 3 aromatic heterocycles. The van der Waals surface area contributed by atoms with Crippen LogP contribution in [-0.4, -0.2) is 46.6 Å². The Morgan fingerprint density at radius 3 is 2.78 bits per heavy atom. The molecule has 0 saturated carbocycles. The zero-order chi connectivity index (χ0) is 18.4. The molecule has 27 heavy (non-hydrogen) atoms. The number of carbonyl (C=O) groups is 1. The zero-order valence-corrected chi connectivity index (χ0v) is 17.5. The minimum Gasteiger partial charge on any atom is -0.335 e. The fraction of sp³-hybridized carbons (Fsp3) is 0.421. The van der Waals surface area contributed by atoms with Gasteiger partial charge in [0, 0.05) is 41.0 Å². The largest absolute Gasteiger partial charge is 0.335 e. The Bertz CT molecular complexity index is 997. The molecule has 1 unspecified atom stereocenters. The van der Waals surface area contributed by atoms with Crippen LogP contribution >= 0.6 is 23.7 Å². The van der Waals surface area contributed by atoms with Gasteiger partial charge in [0.25, 0.3) is 11.6 Å². The molecule has 0 aliphatic carbocycles. The summed E-state index contributed by atoms with van der Waals surface area (Å²) in [7, 11) is 0. The van der Waals surface area contributed by atoms with Crippen molar-refractivity contribution in [1.82, 2.24) is 20.4 Å². The second-order valence-corrected chi connectivity index (χ2v) is 8.34. The molecule has 3 aromatic rings. The van der Waals surface area contributed by atoms with Gasteiger partial charge in [-0.25, -0.2) is 4.98 Å².